The number of carboxylic acids is 1. The first-order valence-electron chi connectivity index (χ1n) is 5.69. The Morgan fingerprint density at radius 1 is 1.38 bits per heavy atom. The highest BCUT2D eigenvalue weighted by Gasteiger charge is 2.31. The Morgan fingerprint density at radius 2 is 2.06 bits per heavy atom. The fourth-order valence-electron chi connectivity index (χ4n) is 1.95. The van der Waals surface area contributed by atoms with Crippen LogP contribution >= 0.6 is 0 Å². The van der Waals surface area contributed by atoms with Crippen LogP contribution in [0.15, 0.2) is 0 Å². The standard InChI is InChI=1S/C11H20N2O3/c1-12(2)8-6-10(14)13-7-4-3-5-9(13)11(15)16/h9H,3-8H2,1-2H3,(H,15,16)/t9-/m0/s1. The second-order valence-corrected chi connectivity index (χ2v) is 4.49. The van der Waals surface area contributed by atoms with Crippen molar-refractivity contribution in [2.24, 2.45) is 0 Å². The number of carbonyl (C=O) groups excluding carboxylic acids is 1. The number of hydrogen-bond acceptors (Lipinski definition) is 3. The number of piperidine rings is 1. The molecule has 0 aliphatic carbocycles. The third kappa shape index (κ3) is 3.48. The van der Waals surface area contributed by atoms with E-state index >= 15 is 0 Å². The molecule has 1 rings (SSSR count). The van der Waals surface area contributed by atoms with Gasteiger partial charge in [0.2, 0.25) is 5.91 Å². The molecule has 1 aliphatic heterocycles. The van der Waals surface area contributed by atoms with Gasteiger partial charge < -0.3 is 14.9 Å². The summed E-state index contributed by atoms with van der Waals surface area (Å²) in [4.78, 5) is 26.3. The molecule has 0 aromatic carbocycles. The van der Waals surface area contributed by atoms with Crippen LogP contribution in [-0.4, -0.2) is 60.0 Å². The van der Waals surface area contributed by atoms with Crippen LogP contribution in [-0.2, 0) is 9.59 Å². The topological polar surface area (TPSA) is 60.9 Å². The van der Waals surface area contributed by atoms with E-state index in [1.807, 2.05) is 19.0 Å². The highest BCUT2D eigenvalue weighted by atomic mass is 16.4. The summed E-state index contributed by atoms with van der Waals surface area (Å²) in [5, 5.41) is 9.03. The van der Waals surface area contributed by atoms with Gasteiger partial charge in [0.15, 0.2) is 0 Å². The molecule has 0 aromatic heterocycles. The Kier molecular flexibility index (Phi) is 4.73. The van der Waals surface area contributed by atoms with Gasteiger partial charge in [-0.15, -0.1) is 0 Å². The van der Waals surface area contributed by atoms with Crippen molar-refractivity contribution in [3.8, 4) is 0 Å². The first kappa shape index (κ1) is 13.0. The molecule has 1 N–H and O–H groups in total. The predicted molar refractivity (Wildman–Crippen MR) is 60.2 cm³/mol. The average molecular weight is 228 g/mol. The molecule has 0 radical (unpaired) electrons. The van der Waals surface area contributed by atoms with Crippen molar-refractivity contribution in [3.05, 3.63) is 0 Å². The number of amides is 1. The van der Waals surface area contributed by atoms with Crippen LogP contribution in [0.3, 0.4) is 0 Å². The number of carbonyl (C=O) groups is 2. The summed E-state index contributed by atoms with van der Waals surface area (Å²) in [5.41, 5.74) is 0. The molecule has 5 nitrogen and oxygen atoms in total. The molecule has 92 valence electrons. The number of rotatable bonds is 4. The lowest BCUT2D eigenvalue weighted by Crippen LogP contribution is -2.48. The van der Waals surface area contributed by atoms with Crippen LogP contribution in [0, 0.1) is 0 Å². The maximum atomic E-state index is 11.9. The largest absolute Gasteiger partial charge is 0.480 e. The fraction of sp³-hybridized carbons (Fsp3) is 0.818. The minimum absolute atomic E-state index is 0.0409. The number of likely N-dealkylation sites (tertiary alicyclic amines) is 1. The Morgan fingerprint density at radius 3 is 2.62 bits per heavy atom. The van der Waals surface area contributed by atoms with Crippen LogP contribution in [0.5, 0.6) is 0 Å². The summed E-state index contributed by atoms with van der Waals surface area (Å²) in [6, 6.07) is -0.608. The minimum atomic E-state index is -0.877. The molecule has 0 aromatic rings. The summed E-state index contributed by atoms with van der Waals surface area (Å²) >= 11 is 0. The van der Waals surface area contributed by atoms with Crippen LogP contribution in [0.1, 0.15) is 25.7 Å². The van der Waals surface area contributed by atoms with E-state index in [-0.39, 0.29) is 5.91 Å². The molecule has 1 aliphatic rings. The smallest absolute Gasteiger partial charge is 0.326 e. The highest BCUT2D eigenvalue weighted by Crippen LogP contribution is 2.18. The lowest BCUT2D eigenvalue weighted by molar-refractivity contribution is -0.152. The molecule has 0 bridgehead atoms. The van der Waals surface area contributed by atoms with Gasteiger partial charge >= 0.3 is 5.97 Å². The number of aliphatic carboxylic acids is 1. The van der Waals surface area contributed by atoms with Crippen molar-refractivity contribution < 1.29 is 14.7 Å². The Bertz CT molecular complexity index is 266. The molecule has 5 heteroatoms. The van der Waals surface area contributed by atoms with Crippen molar-refractivity contribution in [3.63, 3.8) is 0 Å². The van der Waals surface area contributed by atoms with E-state index in [1.54, 1.807) is 0 Å². The van der Waals surface area contributed by atoms with Gasteiger partial charge in [0.1, 0.15) is 6.04 Å². The number of carboxylic acid groups (broad SMARTS) is 1. The quantitative estimate of drug-likeness (QED) is 0.757. The molecule has 1 atom stereocenters. The van der Waals surface area contributed by atoms with Crippen LogP contribution in [0.2, 0.25) is 0 Å². The maximum absolute atomic E-state index is 11.9. The van der Waals surface area contributed by atoms with E-state index in [9.17, 15) is 9.59 Å². The lowest BCUT2D eigenvalue weighted by atomic mass is 10.0. The van der Waals surface area contributed by atoms with Gasteiger partial charge in [-0.2, -0.15) is 0 Å². The second-order valence-electron chi connectivity index (χ2n) is 4.49. The van der Waals surface area contributed by atoms with Gasteiger partial charge in [-0.3, -0.25) is 4.79 Å². The normalized spacial score (nSPS) is 21.2. The molecule has 0 unspecified atom stereocenters. The summed E-state index contributed by atoms with van der Waals surface area (Å²) in [5.74, 6) is -0.918. The highest BCUT2D eigenvalue weighted by molar-refractivity contribution is 5.83. The molecule has 1 heterocycles. The van der Waals surface area contributed by atoms with Gasteiger partial charge in [-0.1, -0.05) is 0 Å². The molecular weight excluding hydrogens is 208 g/mol. The Balaban J connectivity index is 2.54. The molecule has 1 amide bonds. The van der Waals surface area contributed by atoms with Crippen LogP contribution in [0.4, 0.5) is 0 Å². The van der Waals surface area contributed by atoms with Gasteiger partial charge in [0, 0.05) is 19.5 Å². The number of nitrogens with zero attached hydrogens (tertiary/aromatic N) is 2. The average Bonchev–Trinajstić information content (AvgIpc) is 2.25. The third-order valence-electron chi connectivity index (χ3n) is 2.88. The zero-order chi connectivity index (χ0) is 12.1. The van der Waals surface area contributed by atoms with Gasteiger partial charge in [0.05, 0.1) is 0 Å². The summed E-state index contributed by atoms with van der Waals surface area (Å²) in [7, 11) is 3.80. The van der Waals surface area contributed by atoms with E-state index in [4.69, 9.17) is 5.11 Å². The Hall–Kier alpha value is -1.10. The lowest BCUT2D eigenvalue weighted by Gasteiger charge is -2.33. The minimum Gasteiger partial charge on any atom is -0.480 e. The Labute approximate surface area is 96.0 Å². The molecule has 16 heavy (non-hydrogen) atoms. The van der Waals surface area contributed by atoms with E-state index in [2.05, 4.69) is 0 Å². The molecule has 0 spiro atoms. The van der Waals surface area contributed by atoms with Crippen molar-refractivity contribution >= 4 is 11.9 Å². The second kappa shape index (κ2) is 5.84. The van der Waals surface area contributed by atoms with Crippen LogP contribution in [0.25, 0.3) is 0 Å². The third-order valence-corrected chi connectivity index (χ3v) is 2.88. The summed E-state index contributed by atoms with van der Waals surface area (Å²) < 4.78 is 0. The fourth-order valence-corrected chi connectivity index (χ4v) is 1.95. The van der Waals surface area contributed by atoms with Gasteiger partial charge in [-0.05, 0) is 33.4 Å². The monoisotopic (exact) mass is 228 g/mol. The predicted octanol–water partition coefficient (Wildman–Crippen LogP) is 0.404. The van der Waals surface area contributed by atoms with E-state index in [0.29, 0.717) is 25.9 Å². The van der Waals surface area contributed by atoms with Crippen molar-refractivity contribution in [2.75, 3.05) is 27.2 Å². The molecular formula is C11H20N2O3. The van der Waals surface area contributed by atoms with Crippen molar-refractivity contribution in [1.82, 2.24) is 9.80 Å². The maximum Gasteiger partial charge on any atom is 0.326 e. The van der Waals surface area contributed by atoms with E-state index < -0.39 is 12.0 Å². The summed E-state index contributed by atoms with van der Waals surface area (Å²) in [6.45, 7) is 1.25. The van der Waals surface area contributed by atoms with Crippen LogP contribution < -0.4 is 0 Å². The number of hydrogen-bond donors (Lipinski definition) is 1. The first-order chi connectivity index (χ1) is 7.52. The molecule has 0 saturated carbocycles. The SMILES string of the molecule is CN(C)CCC(=O)N1CCCC[C@H]1C(=O)O. The summed E-state index contributed by atoms with van der Waals surface area (Å²) in [6.07, 6.45) is 2.80. The molecule has 1 fully saturated rings. The zero-order valence-electron chi connectivity index (χ0n) is 9.98. The van der Waals surface area contributed by atoms with Gasteiger partial charge in [-0.25, -0.2) is 4.79 Å². The van der Waals surface area contributed by atoms with Gasteiger partial charge in [0.25, 0.3) is 0 Å². The zero-order valence-corrected chi connectivity index (χ0v) is 9.98. The van der Waals surface area contributed by atoms with Crippen molar-refractivity contribution in [2.45, 2.75) is 31.7 Å². The first-order valence-corrected chi connectivity index (χ1v) is 5.69. The van der Waals surface area contributed by atoms with E-state index in [0.717, 1.165) is 12.8 Å². The van der Waals surface area contributed by atoms with Crippen molar-refractivity contribution in [1.29, 1.82) is 0 Å². The molecule has 1 saturated heterocycles. The van der Waals surface area contributed by atoms with E-state index in [1.165, 1.54) is 4.90 Å².